The third-order valence-electron chi connectivity index (χ3n) is 3.33. The molecule has 0 N–H and O–H groups in total. The minimum absolute atomic E-state index is 0.122. The molecule has 1 heterocycles. The molecule has 104 valence electrons. The average Bonchev–Trinajstić information content (AvgIpc) is 2.41. The van der Waals surface area contributed by atoms with Crippen molar-refractivity contribution < 1.29 is 14.3 Å². The van der Waals surface area contributed by atoms with Crippen LogP contribution in [-0.2, 0) is 4.74 Å². The fraction of sp³-hybridized carbons (Fsp3) is 0.500. The predicted molar refractivity (Wildman–Crippen MR) is 76.9 cm³/mol. The van der Waals surface area contributed by atoms with Crippen molar-refractivity contribution in [3.05, 3.63) is 28.2 Å². The summed E-state index contributed by atoms with van der Waals surface area (Å²) in [5, 5.41) is 0. The van der Waals surface area contributed by atoms with Crippen molar-refractivity contribution in [3.8, 4) is 5.75 Å². The van der Waals surface area contributed by atoms with E-state index in [0.29, 0.717) is 31.4 Å². The summed E-state index contributed by atoms with van der Waals surface area (Å²) < 4.78 is 11.3. The number of rotatable bonds is 4. The third-order valence-corrected chi connectivity index (χ3v) is 3.95. The van der Waals surface area contributed by atoms with E-state index in [0.717, 1.165) is 16.8 Å². The second-order valence-corrected chi connectivity index (χ2v) is 5.52. The minimum Gasteiger partial charge on any atom is -0.496 e. The Balaban J connectivity index is 2.05. The van der Waals surface area contributed by atoms with Gasteiger partial charge < -0.3 is 9.47 Å². The number of morpholine rings is 1. The highest BCUT2D eigenvalue weighted by Gasteiger charge is 2.21. The maximum atomic E-state index is 12.3. The van der Waals surface area contributed by atoms with Gasteiger partial charge >= 0.3 is 0 Å². The molecule has 0 saturated carbocycles. The molecule has 1 aliphatic heterocycles. The third kappa shape index (κ3) is 3.55. The van der Waals surface area contributed by atoms with Crippen LogP contribution in [0.2, 0.25) is 0 Å². The molecule has 0 spiro atoms. The van der Waals surface area contributed by atoms with E-state index >= 15 is 0 Å². The second-order valence-electron chi connectivity index (χ2n) is 4.67. The van der Waals surface area contributed by atoms with Crippen molar-refractivity contribution >= 4 is 21.7 Å². The Morgan fingerprint density at radius 2 is 2.37 bits per heavy atom. The first-order valence-electron chi connectivity index (χ1n) is 6.30. The monoisotopic (exact) mass is 327 g/mol. The summed E-state index contributed by atoms with van der Waals surface area (Å²) in [6.07, 6.45) is 0. The summed E-state index contributed by atoms with van der Waals surface area (Å²) >= 11 is 3.40. The molecule has 0 amide bonds. The molecule has 0 aliphatic carbocycles. The fourth-order valence-electron chi connectivity index (χ4n) is 2.11. The van der Waals surface area contributed by atoms with Crippen LogP contribution in [0.25, 0.3) is 0 Å². The molecule has 1 atom stereocenters. The molecule has 1 saturated heterocycles. The summed E-state index contributed by atoms with van der Waals surface area (Å²) in [6, 6.07) is 5.71. The minimum atomic E-state index is 0.122. The Kier molecular flexibility index (Phi) is 4.96. The molecule has 1 aromatic rings. The lowest BCUT2D eigenvalue weighted by molar-refractivity contribution is 0.00201. The lowest BCUT2D eigenvalue weighted by atomic mass is 10.1. The lowest BCUT2D eigenvalue weighted by Crippen LogP contribution is -2.45. The summed E-state index contributed by atoms with van der Waals surface area (Å²) in [6.45, 7) is 4.72. The van der Waals surface area contributed by atoms with Crippen LogP contribution in [0.3, 0.4) is 0 Å². The van der Waals surface area contributed by atoms with Gasteiger partial charge in [-0.2, -0.15) is 0 Å². The van der Waals surface area contributed by atoms with Crippen LogP contribution in [0.4, 0.5) is 0 Å². The molecule has 5 heteroatoms. The topological polar surface area (TPSA) is 38.8 Å². The smallest absolute Gasteiger partial charge is 0.176 e. The summed E-state index contributed by atoms with van der Waals surface area (Å²) in [4.78, 5) is 14.4. The van der Waals surface area contributed by atoms with Crippen LogP contribution in [0.15, 0.2) is 22.7 Å². The standard InChI is InChI=1S/C14H18BrNO3/c1-10-9-19-6-5-16(10)8-13(17)11-3-4-14(18-2)12(15)7-11/h3-4,7,10H,5-6,8-9H2,1-2H3. The zero-order valence-electron chi connectivity index (χ0n) is 11.2. The zero-order chi connectivity index (χ0) is 13.8. The second kappa shape index (κ2) is 6.50. The molecular formula is C14H18BrNO3. The van der Waals surface area contributed by atoms with E-state index in [1.165, 1.54) is 0 Å². The van der Waals surface area contributed by atoms with Crippen molar-refractivity contribution in [2.75, 3.05) is 33.4 Å². The van der Waals surface area contributed by atoms with Gasteiger partial charge in [-0.3, -0.25) is 9.69 Å². The number of nitrogens with zero attached hydrogens (tertiary/aromatic N) is 1. The number of ether oxygens (including phenoxy) is 2. The summed E-state index contributed by atoms with van der Waals surface area (Å²) in [5.41, 5.74) is 0.700. The highest BCUT2D eigenvalue weighted by Crippen LogP contribution is 2.25. The normalized spacial score (nSPS) is 20.3. The molecule has 0 radical (unpaired) electrons. The van der Waals surface area contributed by atoms with E-state index in [1.807, 2.05) is 6.07 Å². The number of halogens is 1. The van der Waals surface area contributed by atoms with Crippen molar-refractivity contribution in [1.29, 1.82) is 0 Å². The Morgan fingerprint density at radius 1 is 1.58 bits per heavy atom. The predicted octanol–water partition coefficient (Wildman–Crippen LogP) is 2.36. The van der Waals surface area contributed by atoms with E-state index < -0.39 is 0 Å². The van der Waals surface area contributed by atoms with Crippen LogP contribution in [0.5, 0.6) is 5.75 Å². The van der Waals surface area contributed by atoms with E-state index in [1.54, 1.807) is 19.2 Å². The maximum Gasteiger partial charge on any atom is 0.176 e. The Hall–Kier alpha value is -0.910. The van der Waals surface area contributed by atoms with E-state index in [2.05, 4.69) is 27.8 Å². The SMILES string of the molecule is COc1ccc(C(=O)CN2CCOCC2C)cc1Br. The molecule has 1 aromatic carbocycles. The van der Waals surface area contributed by atoms with E-state index in [-0.39, 0.29) is 5.78 Å². The number of carbonyl (C=O) groups is 1. The van der Waals surface area contributed by atoms with Gasteiger partial charge in [-0.1, -0.05) is 0 Å². The highest BCUT2D eigenvalue weighted by molar-refractivity contribution is 9.10. The lowest BCUT2D eigenvalue weighted by Gasteiger charge is -2.32. The van der Waals surface area contributed by atoms with Crippen LogP contribution in [-0.4, -0.2) is 50.1 Å². The number of carbonyl (C=O) groups excluding carboxylic acids is 1. The molecule has 0 aromatic heterocycles. The number of hydrogen-bond donors (Lipinski definition) is 0. The van der Waals surface area contributed by atoms with Gasteiger partial charge in [-0.15, -0.1) is 0 Å². The Morgan fingerprint density at radius 3 is 3.00 bits per heavy atom. The quantitative estimate of drug-likeness (QED) is 0.796. The average molecular weight is 328 g/mol. The Bertz CT molecular complexity index is 464. The molecule has 4 nitrogen and oxygen atoms in total. The van der Waals surface area contributed by atoms with Gasteiger partial charge in [0.2, 0.25) is 0 Å². The van der Waals surface area contributed by atoms with Gasteiger partial charge in [0.15, 0.2) is 5.78 Å². The molecule has 2 rings (SSSR count). The Labute approximate surface area is 121 Å². The molecule has 0 bridgehead atoms. The van der Waals surface area contributed by atoms with Crippen molar-refractivity contribution in [3.63, 3.8) is 0 Å². The number of benzene rings is 1. The summed E-state index contributed by atoms with van der Waals surface area (Å²) in [7, 11) is 1.61. The van der Waals surface area contributed by atoms with Crippen molar-refractivity contribution in [2.24, 2.45) is 0 Å². The van der Waals surface area contributed by atoms with Gasteiger partial charge in [0.05, 0.1) is 31.3 Å². The number of Topliss-reactive ketones (excluding diaryl/α,β-unsaturated/α-hetero) is 1. The van der Waals surface area contributed by atoms with Gasteiger partial charge in [-0.25, -0.2) is 0 Å². The molecule has 1 aliphatic rings. The molecular weight excluding hydrogens is 310 g/mol. The maximum absolute atomic E-state index is 12.3. The highest BCUT2D eigenvalue weighted by atomic mass is 79.9. The van der Waals surface area contributed by atoms with Gasteiger partial charge in [-0.05, 0) is 41.1 Å². The molecule has 19 heavy (non-hydrogen) atoms. The number of methoxy groups -OCH3 is 1. The largest absolute Gasteiger partial charge is 0.496 e. The van der Waals surface area contributed by atoms with Crippen LogP contribution < -0.4 is 4.74 Å². The van der Waals surface area contributed by atoms with Crippen LogP contribution in [0, 0.1) is 0 Å². The number of ketones is 1. The van der Waals surface area contributed by atoms with E-state index in [4.69, 9.17) is 9.47 Å². The fourth-order valence-corrected chi connectivity index (χ4v) is 2.65. The van der Waals surface area contributed by atoms with Gasteiger partial charge in [0.1, 0.15) is 5.75 Å². The first kappa shape index (κ1) is 14.5. The summed E-state index contributed by atoms with van der Waals surface area (Å²) in [5.74, 6) is 0.855. The first-order valence-corrected chi connectivity index (χ1v) is 7.09. The van der Waals surface area contributed by atoms with Crippen molar-refractivity contribution in [2.45, 2.75) is 13.0 Å². The van der Waals surface area contributed by atoms with Crippen LogP contribution in [0.1, 0.15) is 17.3 Å². The zero-order valence-corrected chi connectivity index (χ0v) is 12.8. The van der Waals surface area contributed by atoms with Gasteiger partial charge in [0, 0.05) is 18.2 Å². The van der Waals surface area contributed by atoms with Crippen LogP contribution >= 0.6 is 15.9 Å². The molecule has 1 fully saturated rings. The van der Waals surface area contributed by atoms with E-state index in [9.17, 15) is 4.79 Å². The first-order chi connectivity index (χ1) is 9.11. The number of hydrogen-bond acceptors (Lipinski definition) is 4. The van der Waals surface area contributed by atoms with Crippen molar-refractivity contribution in [1.82, 2.24) is 4.90 Å². The molecule has 1 unspecified atom stereocenters. The van der Waals surface area contributed by atoms with Gasteiger partial charge in [0.25, 0.3) is 0 Å².